The normalized spacial score (nSPS) is 10.8. The average molecular weight is 268 g/mol. The van der Waals surface area contributed by atoms with Gasteiger partial charge in [0.25, 0.3) is 0 Å². The number of benzene rings is 1. The Hall–Kier alpha value is -1.62. The first kappa shape index (κ1) is 15.4. The zero-order valence-corrected chi connectivity index (χ0v) is 11.7. The third kappa shape index (κ3) is 4.21. The summed E-state index contributed by atoms with van der Waals surface area (Å²) in [6.45, 7) is 8.30. The van der Waals surface area contributed by atoms with E-state index in [0.29, 0.717) is 17.8 Å². The van der Waals surface area contributed by atoms with Crippen LogP contribution in [0.25, 0.3) is 0 Å². The number of nitrogens with two attached hydrogens (primary N) is 1. The van der Waals surface area contributed by atoms with Crippen LogP contribution in [0.5, 0.6) is 0 Å². The molecule has 0 saturated carbocycles. The molecule has 0 radical (unpaired) electrons. The number of esters is 1. The minimum atomic E-state index is -0.667. The third-order valence-corrected chi connectivity index (χ3v) is 3.03. The molecule has 0 fully saturated rings. The Morgan fingerprint density at radius 1 is 1.37 bits per heavy atom. The van der Waals surface area contributed by atoms with Crippen LogP contribution in [-0.2, 0) is 4.74 Å². The summed E-state index contributed by atoms with van der Waals surface area (Å²) < 4.78 is 18.9. The molecule has 0 saturated heterocycles. The highest BCUT2D eigenvalue weighted by Crippen LogP contribution is 2.17. The molecule has 0 unspecified atom stereocenters. The highest BCUT2D eigenvalue weighted by Gasteiger charge is 2.16. The van der Waals surface area contributed by atoms with Crippen molar-refractivity contribution in [2.75, 3.05) is 32.0 Å². The van der Waals surface area contributed by atoms with E-state index >= 15 is 0 Å². The molecule has 0 spiro atoms. The van der Waals surface area contributed by atoms with Crippen LogP contribution in [0, 0.1) is 12.7 Å². The summed E-state index contributed by atoms with van der Waals surface area (Å²) in [4.78, 5) is 13.9. The molecule has 5 heteroatoms. The van der Waals surface area contributed by atoms with Crippen molar-refractivity contribution >= 4 is 11.7 Å². The average Bonchev–Trinajstić information content (AvgIpc) is 2.38. The SMILES string of the molecule is CCN(CC)CCOC(=O)c1cc(N)cc(C)c1F. The number of carbonyl (C=O) groups excluding carboxylic acids is 1. The van der Waals surface area contributed by atoms with E-state index in [2.05, 4.69) is 4.90 Å². The van der Waals surface area contributed by atoms with Crippen LogP contribution in [0.1, 0.15) is 29.8 Å². The number of likely N-dealkylation sites (N-methyl/N-ethyl adjacent to an activating group) is 1. The standard InChI is InChI=1S/C14H21FN2O2/c1-4-17(5-2)6-7-19-14(18)12-9-11(16)8-10(3)13(12)15/h8-9H,4-7,16H2,1-3H3. The smallest absolute Gasteiger partial charge is 0.341 e. The number of anilines is 1. The minimum Gasteiger partial charge on any atom is -0.461 e. The topological polar surface area (TPSA) is 55.6 Å². The quantitative estimate of drug-likeness (QED) is 0.635. The fourth-order valence-corrected chi connectivity index (χ4v) is 1.83. The van der Waals surface area contributed by atoms with Crippen LogP contribution in [0.2, 0.25) is 0 Å². The lowest BCUT2D eigenvalue weighted by atomic mass is 10.1. The second-order valence-electron chi connectivity index (χ2n) is 4.36. The second kappa shape index (κ2) is 7.09. The van der Waals surface area contributed by atoms with Gasteiger partial charge in [-0.15, -0.1) is 0 Å². The molecule has 0 aliphatic rings. The number of hydrogen-bond donors (Lipinski definition) is 1. The predicted molar refractivity (Wildman–Crippen MR) is 73.6 cm³/mol. The van der Waals surface area contributed by atoms with Gasteiger partial charge in [0.2, 0.25) is 0 Å². The summed E-state index contributed by atoms with van der Waals surface area (Å²) in [5, 5.41) is 0. The van der Waals surface area contributed by atoms with E-state index in [1.807, 2.05) is 13.8 Å². The maximum Gasteiger partial charge on any atom is 0.341 e. The van der Waals surface area contributed by atoms with Gasteiger partial charge >= 0.3 is 5.97 Å². The van der Waals surface area contributed by atoms with E-state index in [9.17, 15) is 9.18 Å². The van der Waals surface area contributed by atoms with Gasteiger partial charge in [-0.1, -0.05) is 13.8 Å². The van der Waals surface area contributed by atoms with Gasteiger partial charge < -0.3 is 15.4 Å². The Kier molecular flexibility index (Phi) is 5.76. The van der Waals surface area contributed by atoms with Crippen LogP contribution >= 0.6 is 0 Å². The Morgan fingerprint density at radius 3 is 2.58 bits per heavy atom. The maximum absolute atomic E-state index is 13.8. The first-order valence-electron chi connectivity index (χ1n) is 6.44. The number of nitrogens with zero attached hydrogens (tertiary/aromatic N) is 1. The van der Waals surface area contributed by atoms with Crippen molar-refractivity contribution in [3.63, 3.8) is 0 Å². The first-order chi connectivity index (χ1) is 8.99. The maximum atomic E-state index is 13.8. The Labute approximate surface area is 113 Å². The summed E-state index contributed by atoms with van der Waals surface area (Å²) in [6, 6.07) is 2.80. The van der Waals surface area contributed by atoms with Crippen molar-refractivity contribution in [3.8, 4) is 0 Å². The molecule has 0 aliphatic heterocycles. The van der Waals surface area contributed by atoms with Crippen molar-refractivity contribution in [3.05, 3.63) is 29.1 Å². The van der Waals surface area contributed by atoms with Crippen LogP contribution < -0.4 is 5.73 Å². The van der Waals surface area contributed by atoms with Gasteiger partial charge in [0.05, 0.1) is 5.56 Å². The van der Waals surface area contributed by atoms with E-state index in [-0.39, 0.29) is 12.2 Å². The zero-order valence-electron chi connectivity index (χ0n) is 11.7. The van der Waals surface area contributed by atoms with Gasteiger partial charge in [0.15, 0.2) is 0 Å². The molecule has 2 N–H and O–H groups in total. The van der Waals surface area contributed by atoms with Crippen molar-refractivity contribution in [2.24, 2.45) is 0 Å². The third-order valence-electron chi connectivity index (χ3n) is 3.03. The van der Waals surface area contributed by atoms with E-state index in [4.69, 9.17) is 10.5 Å². The Bertz CT molecular complexity index is 445. The van der Waals surface area contributed by atoms with Crippen molar-refractivity contribution in [2.45, 2.75) is 20.8 Å². The molecule has 0 aliphatic carbocycles. The van der Waals surface area contributed by atoms with Gasteiger partial charge in [-0.3, -0.25) is 0 Å². The number of ether oxygens (including phenoxy) is 1. The molecule has 0 bridgehead atoms. The molecular formula is C14H21FN2O2. The minimum absolute atomic E-state index is 0.1000. The molecule has 0 aromatic heterocycles. The highest BCUT2D eigenvalue weighted by molar-refractivity contribution is 5.91. The van der Waals surface area contributed by atoms with Crippen molar-refractivity contribution in [1.82, 2.24) is 4.90 Å². The largest absolute Gasteiger partial charge is 0.461 e. The lowest BCUT2D eigenvalue weighted by Crippen LogP contribution is -2.28. The molecule has 0 amide bonds. The first-order valence-corrected chi connectivity index (χ1v) is 6.44. The summed E-state index contributed by atoms with van der Waals surface area (Å²) in [5.41, 5.74) is 6.20. The lowest BCUT2D eigenvalue weighted by molar-refractivity contribution is 0.0461. The van der Waals surface area contributed by atoms with Crippen LogP contribution in [0.3, 0.4) is 0 Å². The van der Waals surface area contributed by atoms with Crippen molar-refractivity contribution in [1.29, 1.82) is 0 Å². The lowest BCUT2D eigenvalue weighted by Gasteiger charge is -2.17. The van der Waals surface area contributed by atoms with Gasteiger partial charge in [-0.05, 0) is 37.7 Å². The summed E-state index contributed by atoms with van der Waals surface area (Å²) >= 11 is 0. The van der Waals surface area contributed by atoms with Crippen LogP contribution in [0.4, 0.5) is 10.1 Å². The molecule has 106 valence electrons. The Morgan fingerprint density at radius 2 is 2.00 bits per heavy atom. The number of halogens is 1. The molecule has 1 rings (SSSR count). The van der Waals surface area contributed by atoms with Gasteiger partial charge in [0.1, 0.15) is 12.4 Å². The second-order valence-corrected chi connectivity index (χ2v) is 4.36. The molecule has 19 heavy (non-hydrogen) atoms. The van der Waals surface area contributed by atoms with E-state index < -0.39 is 11.8 Å². The van der Waals surface area contributed by atoms with Gasteiger partial charge in [-0.25, -0.2) is 9.18 Å². The van der Waals surface area contributed by atoms with Gasteiger partial charge in [0, 0.05) is 12.2 Å². The molecule has 1 aromatic carbocycles. The molecule has 4 nitrogen and oxygen atoms in total. The van der Waals surface area contributed by atoms with Crippen molar-refractivity contribution < 1.29 is 13.9 Å². The van der Waals surface area contributed by atoms with E-state index in [1.165, 1.54) is 12.1 Å². The van der Waals surface area contributed by atoms with Crippen LogP contribution in [0.15, 0.2) is 12.1 Å². The van der Waals surface area contributed by atoms with Gasteiger partial charge in [-0.2, -0.15) is 0 Å². The fraction of sp³-hybridized carbons (Fsp3) is 0.500. The number of aryl methyl sites for hydroxylation is 1. The number of rotatable bonds is 6. The molecule has 0 atom stereocenters. The Balaban J connectivity index is 2.64. The molecule has 0 heterocycles. The zero-order chi connectivity index (χ0) is 14.4. The van der Waals surface area contributed by atoms with E-state index in [0.717, 1.165) is 13.1 Å². The number of nitrogen functional groups attached to an aromatic ring is 1. The van der Waals surface area contributed by atoms with E-state index in [1.54, 1.807) is 6.92 Å². The summed E-state index contributed by atoms with van der Waals surface area (Å²) in [5.74, 6) is -1.23. The fourth-order valence-electron chi connectivity index (χ4n) is 1.83. The van der Waals surface area contributed by atoms with Crippen LogP contribution in [-0.4, -0.2) is 37.1 Å². The summed E-state index contributed by atoms with van der Waals surface area (Å²) in [6.07, 6.45) is 0. The summed E-state index contributed by atoms with van der Waals surface area (Å²) in [7, 11) is 0. The predicted octanol–water partition coefficient (Wildman–Crippen LogP) is 2.21. The molecular weight excluding hydrogens is 247 g/mol. The number of hydrogen-bond acceptors (Lipinski definition) is 4. The number of carbonyl (C=O) groups is 1. The highest BCUT2D eigenvalue weighted by atomic mass is 19.1. The molecule has 1 aromatic rings. The monoisotopic (exact) mass is 268 g/mol.